The number of halogens is 3. The van der Waals surface area contributed by atoms with Crippen LogP contribution < -0.4 is 0 Å². The lowest BCUT2D eigenvalue weighted by Crippen LogP contribution is -2.40. The van der Waals surface area contributed by atoms with Crippen molar-refractivity contribution in [2.45, 2.75) is 25.1 Å². The van der Waals surface area contributed by atoms with Gasteiger partial charge in [0, 0.05) is 18.9 Å². The molecule has 0 bridgehead atoms. The van der Waals surface area contributed by atoms with E-state index in [1.807, 2.05) is 0 Å². The highest BCUT2D eigenvalue weighted by Crippen LogP contribution is 2.29. The fraction of sp³-hybridized carbons (Fsp3) is 0.417. The van der Waals surface area contributed by atoms with Crippen molar-refractivity contribution < 1.29 is 27.9 Å². The van der Waals surface area contributed by atoms with Crippen LogP contribution in [-0.4, -0.2) is 39.5 Å². The molecule has 0 spiro atoms. The van der Waals surface area contributed by atoms with Gasteiger partial charge in [-0.2, -0.15) is 13.2 Å². The Labute approximate surface area is 112 Å². The molecule has 2 rings (SSSR count). The minimum atomic E-state index is -4.60. The van der Waals surface area contributed by atoms with E-state index in [1.165, 1.54) is 0 Å². The van der Waals surface area contributed by atoms with Gasteiger partial charge in [0.05, 0.1) is 11.1 Å². The molecule has 1 amide bonds. The molecule has 20 heavy (non-hydrogen) atoms. The van der Waals surface area contributed by atoms with Crippen molar-refractivity contribution in [1.29, 1.82) is 0 Å². The summed E-state index contributed by atoms with van der Waals surface area (Å²) in [7, 11) is 0. The van der Waals surface area contributed by atoms with Crippen LogP contribution in [0.15, 0.2) is 18.5 Å². The number of aliphatic carboxylic acids is 1. The molecule has 1 aromatic rings. The van der Waals surface area contributed by atoms with Gasteiger partial charge in [-0.3, -0.25) is 9.78 Å². The second-order valence-electron chi connectivity index (χ2n) is 4.45. The number of hydrogen-bond acceptors (Lipinski definition) is 3. The van der Waals surface area contributed by atoms with Gasteiger partial charge in [-0.25, -0.2) is 4.79 Å². The van der Waals surface area contributed by atoms with Crippen LogP contribution in [0.5, 0.6) is 0 Å². The molecule has 1 N–H and O–H groups in total. The minimum absolute atomic E-state index is 0.214. The Hall–Kier alpha value is -2.12. The molecular weight excluding hydrogens is 277 g/mol. The van der Waals surface area contributed by atoms with E-state index < -0.39 is 29.7 Å². The molecule has 1 fully saturated rings. The minimum Gasteiger partial charge on any atom is -0.480 e. The molecule has 1 saturated heterocycles. The summed E-state index contributed by atoms with van der Waals surface area (Å²) in [6.07, 6.45) is -2.16. The smallest absolute Gasteiger partial charge is 0.417 e. The summed E-state index contributed by atoms with van der Waals surface area (Å²) >= 11 is 0. The fourth-order valence-electron chi connectivity index (χ4n) is 2.14. The molecule has 8 heteroatoms. The number of alkyl halides is 3. The second kappa shape index (κ2) is 5.10. The van der Waals surface area contributed by atoms with Gasteiger partial charge in [-0.15, -0.1) is 0 Å². The number of rotatable bonds is 2. The van der Waals surface area contributed by atoms with Crippen molar-refractivity contribution in [2.75, 3.05) is 6.54 Å². The number of nitrogens with zero attached hydrogens (tertiary/aromatic N) is 2. The highest BCUT2D eigenvalue weighted by atomic mass is 19.4. The molecule has 1 aliphatic rings. The van der Waals surface area contributed by atoms with Crippen LogP contribution in [0.1, 0.15) is 28.8 Å². The number of carboxylic acid groups (broad SMARTS) is 1. The third-order valence-corrected chi connectivity index (χ3v) is 3.11. The van der Waals surface area contributed by atoms with Crippen molar-refractivity contribution in [3.63, 3.8) is 0 Å². The molecule has 108 valence electrons. The van der Waals surface area contributed by atoms with E-state index in [9.17, 15) is 22.8 Å². The van der Waals surface area contributed by atoms with Crippen LogP contribution in [0.2, 0.25) is 0 Å². The van der Waals surface area contributed by atoms with Crippen LogP contribution in [0.4, 0.5) is 13.2 Å². The summed E-state index contributed by atoms with van der Waals surface area (Å²) in [6.45, 7) is 0.214. The molecule has 1 unspecified atom stereocenters. The zero-order chi connectivity index (χ0) is 14.9. The standard InChI is InChI=1S/C12H11F3N2O3/c13-12(14,15)8-4-7(5-16-6-8)10(18)17-3-1-2-9(17)11(19)20/h4-6,9H,1-3H2,(H,19,20). The van der Waals surface area contributed by atoms with Gasteiger partial charge in [0.25, 0.3) is 5.91 Å². The van der Waals surface area contributed by atoms with Gasteiger partial charge in [0.1, 0.15) is 6.04 Å². The number of hydrogen-bond donors (Lipinski definition) is 1. The first-order valence-corrected chi connectivity index (χ1v) is 5.86. The summed E-state index contributed by atoms with van der Waals surface area (Å²) < 4.78 is 37.7. The number of carbonyl (C=O) groups is 2. The molecule has 0 saturated carbocycles. The first kappa shape index (κ1) is 14.3. The Balaban J connectivity index is 2.28. The maximum Gasteiger partial charge on any atom is 0.417 e. The SMILES string of the molecule is O=C(O)C1CCCN1C(=O)c1cncc(C(F)(F)F)c1. The summed E-state index contributed by atoms with van der Waals surface area (Å²) in [5.74, 6) is -1.90. The van der Waals surface area contributed by atoms with E-state index in [0.717, 1.165) is 11.1 Å². The van der Waals surface area contributed by atoms with Crippen molar-refractivity contribution in [3.8, 4) is 0 Å². The van der Waals surface area contributed by atoms with Crippen molar-refractivity contribution in [2.24, 2.45) is 0 Å². The van der Waals surface area contributed by atoms with Gasteiger partial charge in [-0.1, -0.05) is 0 Å². The molecule has 1 aliphatic heterocycles. The maximum absolute atomic E-state index is 12.6. The van der Waals surface area contributed by atoms with E-state index in [0.29, 0.717) is 25.1 Å². The van der Waals surface area contributed by atoms with E-state index in [-0.39, 0.29) is 12.1 Å². The molecular formula is C12H11F3N2O3. The lowest BCUT2D eigenvalue weighted by molar-refractivity contribution is -0.141. The average molecular weight is 288 g/mol. The van der Waals surface area contributed by atoms with Crippen molar-refractivity contribution in [1.82, 2.24) is 9.88 Å². The highest BCUT2D eigenvalue weighted by Gasteiger charge is 2.36. The highest BCUT2D eigenvalue weighted by molar-refractivity contribution is 5.96. The van der Waals surface area contributed by atoms with Gasteiger partial charge in [0.2, 0.25) is 0 Å². The zero-order valence-corrected chi connectivity index (χ0v) is 10.2. The first-order chi connectivity index (χ1) is 9.30. The maximum atomic E-state index is 12.6. The fourth-order valence-corrected chi connectivity index (χ4v) is 2.14. The van der Waals surface area contributed by atoms with Crippen LogP contribution in [0, 0.1) is 0 Å². The van der Waals surface area contributed by atoms with E-state index in [1.54, 1.807) is 0 Å². The second-order valence-corrected chi connectivity index (χ2v) is 4.45. The lowest BCUT2D eigenvalue weighted by Gasteiger charge is -2.21. The summed E-state index contributed by atoms with van der Waals surface area (Å²) in [5.41, 5.74) is -1.29. The quantitative estimate of drug-likeness (QED) is 0.900. The van der Waals surface area contributed by atoms with Crippen molar-refractivity contribution in [3.05, 3.63) is 29.6 Å². The van der Waals surface area contributed by atoms with Gasteiger partial charge >= 0.3 is 12.1 Å². The summed E-state index contributed by atoms with van der Waals surface area (Å²) in [6, 6.07) is -0.302. The topological polar surface area (TPSA) is 70.5 Å². The molecule has 1 atom stereocenters. The number of aromatic nitrogens is 1. The Morgan fingerprint density at radius 1 is 1.35 bits per heavy atom. The predicted octanol–water partition coefficient (Wildman–Crippen LogP) is 1.79. The van der Waals surface area contributed by atoms with E-state index >= 15 is 0 Å². The molecule has 0 radical (unpaired) electrons. The summed E-state index contributed by atoms with van der Waals surface area (Å²) in [5, 5.41) is 8.97. The van der Waals surface area contributed by atoms with Crippen LogP contribution in [-0.2, 0) is 11.0 Å². The van der Waals surface area contributed by atoms with Gasteiger partial charge in [0.15, 0.2) is 0 Å². The summed E-state index contributed by atoms with van der Waals surface area (Å²) in [4.78, 5) is 27.5. The third-order valence-electron chi connectivity index (χ3n) is 3.11. The van der Waals surface area contributed by atoms with E-state index in [4.69, 9.17) is 5.11 Å². The number of carboxylic acids is 1. The first-order valence-electron chi connectivity index (χ1n) is 5.86. The molecule has 2 heterocycles. The van der Waals surface area contributed by atoms with E-state index in [2.05, 4.69) is 4.98 Å². The third kappa shape index (κ3) is 2.73. The Kier molecular flexibility index (Phi) is 3.65. The average Bonchev–Trinajstić information content (AvgIpc) is 2.86. The van der Waals surface area contributed by atoms with Crippen LogP contribution in [0.25, 0.3) is 0 Å². The molecule has 0 aromatic carbocycles. The lowest BCUT2D eigenvalue weighted by atomic mass is 10.1. The molecule has 1 aromatic heterocycles. The molecule has 5 nitrogen and oxygen atoms in total. The number of pyridine rings is 1. The van der Waals surface area contributed by atoms with Gasteiger partial charge in [-0.05, 0) is 18.9 Å². The predicted molar refractivity (Wildman–Crippen MR) is 60.9 cm³/mol. The zero-order valence-electron chi connectivity index (χ0n) is 10.2. The molecule has 0 aliphatic carbocycles. The number of likely N-dealkylation sites (tertiary alicyclic amines) is 1. The number of amides is 1. The Bertz CT molecular complexity index is 545. The van der Waals surface area contributed by atoms with Crippen LogP contribution >= 0.6 is 0 Å². The monoisotopic (exact) mass is 288 g/mol. The largest absolute Gasteiger partial charge is 0.480 e. The number of carbonyl (C=O) groups excluding carboxylic acids is 1. The Morgan fingerprint density at radius 3 is 2.65 bits per heavy atom. The van der Waals surface area contributed by atoms with Gasteiger partial charge < -0.3 is 10.0 Å². The van der Waals surface area contributed by atoms with Crippen LogP contribution in [0.3, 0.4) is 0 Å². The normalized spacial score (nSPS) is 19.1. The van der Waals surface area contributed by atoms with Crippen molar-refractivity contribution >= 4 is 11.9 Å². The Morgan fingerprint density at radius 2 is 2.05 bits per heavy atom.